The molecular formula is C19H21N5O. The maximum atomic E-state index is 12.7. The van der Waals surface area contributed by atoms with Crippen molar-refractivity contribution in [3.63, 3.8) is 0 Å². The van der Waals surface area contributed by atoms with Crippen LogP contribution in [0.1, 0.15) is 12.8 Å². The SMILES string of the molecule is O=C(Nc1cccc2ccccc12)N1CCC[C@@H](Cn2cncn2)C1. The number of carbonyl (C=O) groups is 1. The molecule has 3 aromatic rings. The summed E-state index contributed by atoms with van der Waals surface area (Å²) in [5.74, 6) is 0.411. The lowest BCUT2D eigenvalue weighted by Crippen LogP contribution is -2.43. The summed E-state index contributed by atoms with van der Waals surface area (Å²) in [6, 6.07) is 14.0. The second-order valence-corrected chi connectivity index (χ2v) is 6.53. The van der Waals surface area contributed by atoms with Crippen LogP contribution in [0.4, 0.5) is 10.5 Å². The Morgan fingerprint density at radius 3 is 2.96 bits per heavy atom. The summed E-state index contributed by atoms with van der Waals surface area (Å²) >= 11 is 0. The van der Waals surface area contributed by atoms with E-state index in [0.717, 1.165) is 48.9 Å². The van der Waals surface area contributed by atoms with Crippen LogP contribution in [0.2, 0.25) is 0 Å². The van der Waals surface area contributed by atoms with Crippen molar-refractivity contribution in [2.24, 2.45) is 5.92 Å². The Hall–Kier alpha value is -2.89. The van der Waals surface area contributed by atoms with E-state index in [1.54, 1.807) is 12.7 Å². The van der Waals surface area contributed by atoms with Crippen LogP contribution in [-0.2, 0) is 6.54 Å². The molecule has 0 radical (unpaired) electrons. The smallest absolute Gasteiger partial charge is 0.321 e. The predicted octanol–water partition coefficient (Wildman–Crippen LogP) is 3.38. The summed E-state index contributed by atoms with van der Waals surface area (Å²) in [6.07, 6.45) is 5.41. The number of urea groups is 1. The highest BCUT2D eigenvalue weighted by Gasteiger charge is 2.24. The Balaban J connectivity index is 1.45. The maximum absolute atomic E-state index is 12.7. The molecule has 1 fully saturated rings. The molecule has 6 heteroatoms. The summed E-state index contributed by atoms with van der Waals surface area (Å²) in [4.78, 5) is 18.6. The van der Waals surface area contributed by atoms with E-state index in [-0.39, 0.29) is 6.03 Å². The second kappa shape index (κ2) is 6.93. The third kappa shape index (κ3) is 3.47. The molecule has 128 valence electrons. The molecule has 25 heavy (non-hydrogen) atoms. The Morgan fingerprint density at radius 2 is 2.08 bits per heavy atom. The third-order valence-corrected chi connectivity index (χ3v) is 4.75. The van der Waals surface area contributed by atoms with Gasteiger partial charge in [-0.3, -0.25) is 4.68 Å². The molecule has 2 aromatic carbocycles. The van der Waals surface area contributed by atoms with E-state index in [9.17, 15) is 4.79 Å². The monoisotopic (exact) mass is 335 g/mol. The van der Waals surface area contributed by atoms with E-state index < -0.39 is 0 Å². The summed E-state index contributed by atoms with van der Waals surface area (Å²) in [7, 11) is 0. The maximum Gasteiger partial charge on any atom is 0.321 e. The molecule has 0 bridgehead atoms. The first-order chi connectivity index (χ1) is 12.3. The van der Waals surface area contributed by atoms with E-state index in [0.29, 0.717) is 5.92 Å². The Morgan fingerprint density at radius 1 is 1.20 bits per heavy atom. The van der Waals surface area contributed by atoms with Gasteiger partial charge in [-0.25, -0.2) is 9.78 Å². The zero-order valence-corrected chi connectivity index (χ0v) is 14.0. The first kappa shape index (κ1) is 15.6. The van der Waals surface area contributed by atoms with Crippen molar-refractivity contribution in [1.82, 2.24) is 19.7 Å². The van der Waals surface area contributed by atoms with Crippen molar-refractivity contribution in [3.05, 3.63) is 55.1 Å². The fourth-order valence-corrected chi connectivity index (χ4v) is 3.52. The van der Waals surface area contributed by atoms with Gasteiger partial charge >= 0.3 is 6.03 Å². The largest absolute Gasteiger partial charge is 0.324 e. The highest BCUT2D eigenvalue weighted by Crippen LogP contribution is 2.24. The van der Waals surface area contributed by atoms with Gasteiger partial charge in [0.2, 0.25) is 0 Å². The van der Waals surface area contributed by atoms with Gasteiger partial charge in [0.05, 0.1) is 5.69 Å². The molecule has 6 nitrogen and oxygen atoms in total. The molecule has 0 spiro atoms. The lowest BCUT2D eigenvalue weighted by Gasteiger charge is -2.32. The van der Waals surface area contributed by atoms with E-state index in [4.69, 9.17) is 0 Å². The molecule has 0 unspecified atom stereocenters. The van der Waals surface area contributed by atoms with Crippen molar-refractivity contribution < 1.29 is 4.79 Å². The number of likely N-dealkylation sites (tertiary alicyclic amines) is 1. The van der Waals surface area contributed by atoms with Crippen molar-refractivity contribution in [2.45, 2.75) is 19.4 Å². The number of hydrogen-bond acceptors (Lipinski definition) is 3. The number of carbonyl (C=O) groups excluding carboxylic acids is 1. The first-order valence-corrected chi connectivity index (χ1v) is 8.66. The normalized spacial score (nSPS) is 17.6. The molecule has 1 N–H and O–H groups in total. The molecule has 2 amide bonds. The average molecular weight is 335 g/mol. The molecule has 1 aliphatic rings. The topological polar surface area (TPSA) is 63.1 Å². The standard InChI is InChI=1S/C19H21N5O/c25-19(22-18-9-3-7-16-6-1-2-8-17(16)18)23-10-4-5-15(11-23)12-24-14-20-13-21-24/h1-3,6-9,13-15H,4-5,10-12H2,(H,22,25)/t15-/m1/s1. The van der Waals surface area contributed by atoms with Crippen LogP contribution in [0.25, 0.3) is 10.8 Å². The van der Waals surface area contributed by atoms with Gasteiger partial charge in [-0.05, 0) is 30.2 Å². The van der Waals surface area contributed by atoms with Crippen LogP contribution in [-0.4, -0.2) is 38.8 Å². The summed E-state index contributed by atoms with van der Waals surface area (Å²) in [5, 5.41) is 9.45. The van der Waals surface area contributed by atoms with Gasteiger partial charge in [0.1, 0.15) is 12.7 Å². The number of piperidine rings is 1. The molecular weight excluding hydrogens is 314 g/mol. The van der Waals surface area contributed by atoms with Crippen LogP contribution in [0.15, 0.2) is 55.1 Å². The lowest BCUT2D eigenvalue weighted by atomic mass is 9.98. The number of benzene rings is 2. The molecule has 1 saturated heterocycles. The van der Waals surface area contributed by atoms with Gasteiger partial charge in [0, 0.05) is 25.0 Å². The van der Waals surface area contributed by atoms with E-state index in [2.05, 4.69) is 27.5 Å². The quantitative estimate of drug-likeness (QED) is 0.798. The molecule has 4 rings (SSSR count). The molecule has 0 saturated carbocycles. The van der Waals surface area contributed by atoms with Gasteiger partial charge in [-0.15, -0.1) is 0 Å². The molecule has 1 aromatic heterocycles. The number of nitrogens with zero attached hydrogens (tertiary/aromatic N) is 4. The van der Waals surface area contributed by atoms with Crippen molar-refractivity contribution >= 4 is 22.5 Å². The first-order valence-electron chi connectivity index (χ1n) is 8.66. The van der Waals surface area contributed by atoms with Gasteiger partial charge in [-0.2, -0.15) is 5.10 Å². The van der Waals surface area contributed by atoms with E-state index in [1.807, 2.05) is 39.9 Å². The van der Waals surface area contributed by atoms with Crippen LogP contribution in [0.3, 0.4) is 0 Å². The van der Waals surface area contributed by atoms with E-state index in [1.165, 1.54) is 0 Å². The van der Waals surface area contributed by atoms with Gasteiger partial charge in [0.25, 0.3) is 0 Å². The van der Waals surface area contributed by atoms with E-state index >= 15 is 0 Å². The number of rotatable bonds is 3. The van der Waals surface area contributed by atoms with Crippen LogP contribution < -0.4 is 5.32 Å². The van der Waals surface area contributed by atoms with Gasteiger partial charge in [0.15, 0.2) is 0 Å². The summed E-state index contributed by atoms with van der Waals surface area (Å²) in [5.41, 5.74) is 0.862. The minimum absolute atomic E-state index is 0.0281. The van der Waals surface area contributed by atoms with Crippen molar-refractivity contribution in [1.29, 1.82) is 0 Å². The zero-order chi connectivity index (χ0) is 17.1. The van der Waals surface area contributed by atoms with Crippen LogP contribution in [0, 0.1) is 5.92 Å². The fraction of sp³-hybridized carbons (Fsp3) is 0.316. The number of amides is 2. The minimum Gasteiger partial charge on any atom is -0.324 e. The molecule has 2 heterocycles. The lowest BCUT2D eigenvalue weighted by molar-refractivity contribution is 0.168. The fourth-order valence-electron chi connectivity index (χ4n) is 3.52. The van der Waals surface area contributed by atoms with Crippen LogP contribution >= 0.6 is 0 Å². The number of anilines is 1. The summed E-state index contributed by atoms with van der Waals surface area (Å²) in [6.45, 7) is 2.35. The number of fused-ring (bicyclic) bond motifs is 1. The summed E-state index contributed by atoms with van der Waals surface area (Å²) < 4.78 is 1.84. The highest BCUT2D eigenvalue weighted by molar-refractivity contribution is 6.01. The number of aromatic nitrogens is 3. The zero-order valence-electron chi connectivity index (χ0n) is 14.0. The Kier molecular flexibility index (Phi) is 4.33. The Labute approximate surface area is 146 Å². The predicted molar refractivity (Wildman–Crippen MR) is 97.3 cm³/mol. The average Bonchev–Trinajstić information content (AvgIpc) is 3.15. The van der Waals surface area contributed by atoms with Crippen molar-refractivity contribution in [3.8, 4) is 0 Å². The molecule has 1 aliphatic heterocycles. The van der Waals surface area contributed by atoms with Gasteiger partial charge in [-0.1, -0.05) is 36.4 Å². The Bertz CT molecular complexity index is 856. The minimum atomic E-state index is -0.0281. The number of nitrogens with one attached hydrogen (secondary N) is 1. The molecule has 0 aliphatic carbocycles. The van der Waals surface area contributed by atoms with Crippen molar-refractivity contribution in [2.75, 3.05) is 18.4 Å². The highest BCUT2D eigenvalue weighted by atomic mass is 16.2. The van der Waals surface area contributed by atoms with Gasteiger partial charge < -0.3 is 10.2 Å². The number of hydrogen-bond donors (Lipinski definition) is 1. The molecule has 1 atom stereocenters. The third-order valence-electron chi connectivity index (χ3n) is 4.75. The second-order valence-electron chi connectivity index (χ2n) is 6.53. The van der Waals surface area contributed by atoms with Crippen LogP contribution in [0.5, 0.6) is 0 Å².